The van der Waals surface area contributed by atoms with Gasteiger partial charge < -0.3 is 10.2 Å². The molecule has 4 rings (SSSR count). The van der Waals surface area contributed by atoms with Crippen molar-refractivity contribution in [2.24, 2.45) is 0 Å². The Morgan fingerprint density at radius 3 is 2.52 bits per heavy atom. The van der Waals surface area contributed by atoms with Crippen LogP contribution in [0.2, 0.25) is 5.02 Å². The van der Waals surface area contributed by atoms with E-state index in [0.717, 1.165) is 10.4 Å². The number of fused-ring (bicyclic) bond motifs is 1. The lowest BCUT2D eigenvalue weighted by atomic mass is 9.81. The predicted octanol–water partition coefficient (Wildman–Crippen LogP) is 4.95. The van der Waals surface area contributed by atoms with E-state index in [9.17, 15) is 9.59 Å². The number of halogens is 1. The molecule has 0 radical (unpaired) electrons. The Labute approximate surface area is 166 Å². The van der Waals surface area contributed by atoms with Crippen molar-refractivity contribution >= 4 is 40.4 Å². The number of amides is 2. The molecule has 2 aromatic carbocycles. The Morgan fingerprint density at radius 2 is 1.81 bits per heavy atom. The number of anilines is 1. The monoisotopic (exact) mass is 396 g/mol. The molecular formula is C21H17ClN2O2S. The Kier molecular flexibility index (Phi) is 4.72. The molecule has 0 spiro atoms. The third-order valence-corrected chi connectivity index (χ3v) is 6.00. The molecule has 0 aliphatic carbocycles. The number of nitrogens with one attached hydrogen (secondary N) is 1. The maximum absolute atomic E-state index is 13.3. The third kappa shape index (κ3) is 3.24. The fourth-order valence-corrected chi connectivity index (χ4v) is 4.56. The fraction of sp³-hybridized carbons (Fsp3) is 0.143. The van der Waals surface area contributed by atoms with Crippen LogP contribution in [0.1, 0.15) is 32.8 Å². The van der Waals surface area contributed by atoms with Gasteiger partial charge in [0.05, 0.1) is 12.0 Å². The first-order valence-corrected chi connectivity index (χ1v) is 9.78. The van der Waals surface area contributed by atoms with Crippen molar-refractivity contribution < 1.29 is 9.59 Å². The minimum atomic E-state index is -0.502. The summed E-state index contributed by atoms with van der Waals surface area (Å²) in [6.07, 6.45) is 0. The van der Waals surface area contributed by atoms with Crippen molar-refractivity contribution in [3.05, 3.63) is 87.1 Å². The van der Waals surface area contributed by atoms with E-state index in [-0.39, 0.29) is 17.9 Å². The van der Waals surface area contributed by atoms with Crippen LogP contribution >= 0.6 is 22.9 Å². The predicted molar refractivity (Wildman–Crippen MR) is 108 cm³/mol. The number of benzene rings is 2. The normalized spacial score (nSPS) is 18.9. The number of rotatable bonds is 3. The first-order chi connectivity index (χ1) is 13.1. The molecule has 27 heavy (non-hydrogen) atoms. The number of hydrogen-bond donors (Lipinski definition) is 1. The summed E-state index contributed by atoms with van der Waals surface area (Å²) in [7, 11) is 1.76. The van der Waals surface area contributed by atoms with Crippen LogP contribution < -0.4 is 5.32 Å². The van der Waals surface area contributed by atoms with Gasteiger partial charge >= 0.3 is 0 Å². The van der Waals surface area contributed by atoms with Crippen LogP contribution in [0.3, 0.4) is 0 Å². The molecule has 2 amide bonds. The molecule has 1 aliphatic heterocycles. The average Bonchev–Trinajstić information content (AvgIpc) is 3.20. The van der Waals surface area contributed by atoms with Crippen molar-refractivity contribution in [1.82, 2.24) is 4.90 Å². The highest BCUT2D eigenvalue weighted by molar-refractivity contribution is 7.10. The lowest BCUT2D eigenvalue weighted by molar-refractivity contribution is -0.119. The Hall–Kier alpha value is -2.63. The third-order valence-electron chi connectivity index (χ3n) is 4.81. The SMILES string of the molecule is CN1C(=O)c2ccccc2C(C(=O)Nc2ccc(Cl)cc2)C1c1cccs1. The molecule has 2 atom stereocenters. The lowest BCUT2D eigenvalue weighted by Gasteiger charge is -2.39. The second kappa shape index (κ2) is 7.18. The van der Waals surface area contributed by atoms with Crippen LogP contribution in [-0.2, 0) is 4.79 Å². The number of nitrogens with zero attached hydrogens (tertiary/aromatic N) is 1. The van der Waals surface area contributed by atoms with E-state index < -0.39 is 5.92 Å². The standard InChI is InChI=1S/C21H17ClN2O2S/c1-24-19(17-7-4-12-27-17)18(15-5-2-3-6-16(15)21(24)26)20(25)23-14-10-8-13(22)9-11-14/h2-12,18-19H,1H3,(H,23,25). The Bertz CT molecular complexity index is 986. The van der Waals surface area contributed by atoms with Crippen molar-refractivity contribution in [2.75, 3.05) is 12.4 Å². The van der Waals surface area contributed by atoms with Crippen LogP contribution in [0.4, 0.5) is 5.69 Å². The number of likely N-dealkylation sites (N-methyl/N-ethyl adjacent to an activating group) is 1. The largest absolute Gasteiger partial charge is 0.333 e. The zero-order valence-corrected chi connectivity index (χ0v) is 16.1. The molecule has 1 aromatic heterocycles. The molecular weight excluding hydrogens is 380 g/mol. The van der Waals surface area contributed by atoms with E-state index in [4.69, 9.17) is 11.6 Å². The van der Waals surface area contributed by atoms with Crippen molar-refractivity contribution in [3.63, 3.8) is 0 Å². The van der Waals surface area contributed by atoms with Crippen LogP contribution in [-0.4, -0.2) is 23.8 Å². The molecule has 6 heteroatoms. The van der Waals surface area contributed by atoms with Gasteiger partial charge in [0.2, 0.25) is 5.91 Å². The molecule has 1 aliphatic rings. The molecule has 4 nitrogen and oxygen atoms in total. The average molecular weight is 397 g/mol. The van der Waals surface area contributed by atoms with Gasteiger partial charge in [-0.05, 0) is 47.3 Å². The molecule has 136 valence electrons. The van der Waals surface area contributed by atoms with Gasteiger partial charge in [-0.25, -0.2) is 0 Å². The van der Waals surface area contributed by atoms with Crippen LogP contribution in [0.5, 0.6) is 0 Å². The van der Waals surface area contributed by atoms with Crippen molar-refractivity contribution in [2.45, 2.75) is 12.0 Å². The van der Waals surface area contributed by atoms with Crippen molar-refractivity contribution in [1.29, 1.82) is 0 Å². The van der Waals surface area contributed by atoms with Gasteiger partial charge in [0.15, 0.2) is 0 Å². The van der Waals surface area contributed by atoms with E-state index in [2.05, 4.69) is 5.32 Å². The summed E-state index contributed by atoms with van der Waals surface area (Å²) in [5.74, 6) is -0.722. The maximum atomic E-state index is 13.3. The van der Waals surface area contributed by atoms with Gasteiger partial charge in [-0.2, -0.15) is 0 Å². The van der Waals surface area contributed by atoms with E-state index in [1.807, 2.05) is 35.7 Å². The van der Waals surface area contributed by atoms with E-state index in [1.165, 1.54) is 0 Å². The van der Waals surface area contributed by atoms with E-state index >= 15 is 0 Å². The molecule has 0 saturated carbocycles. The first-order valence-electron chi connectivity index (χ1n) is 8.52. The van der Waals surface area contributed by atoms with Gasteiger partial charge in [-0.1, -0.05) is 35.9 Å². The molecule has 2 unspecified atom stereocenters. The number of hydrogen-bond acceptors (Lipinski definition) is 3. The van der Waals surface area contributed by atoms with Gasteiger partial charge in [0.1, 0.15) is 0 Å². The highest BCUT2D eigenvalue weighted by Gasteiger charge is 2.43. The topological polar surface area (TPSA) is 49.4 Å². The van der Waals surface area contributed by atoms with Gasteiger partial charge in [-0.3, -0.25) is 9.59 Å². The molecule has 1 N–H and O–H groups in total. The molecule has 2 heterocycles. The maximum Gasteiger partial charge on any atom is 0.254 e. The summed E-state index contributed by atoms with van der Waals surface area (Å²) in [6.45, 7) is 0. The van der Waals surface area contributed by atoms with Crippen LogP contribution in [0, 0.1) is 0 Å². The summed E-state index contributed by atoms with van der Waals surface area (Å²) < 4.78 is 0. The summed E-state index contributed by atoms with van der Waals surface area (Å²) in [4.78, 5) is 28.8. The quantitative estimate of drug-likeness (QED) is 0.680. The van der Waals surface area contributed by atoms with Crippen LogP contribution in [0.25, 0.3) is 0 Å². The minimum absolute atomic E-state index is 0.0699. The Balaban J connectivity index is 1.78. The number of carbonyl (C=O) groups excluding carboxylic acids is 2. The number of carbonyl (C=O) groups is 2. The molecule has 0 bridgehead atoms. The first kappa shape index (κ1) is 17.8. The summed E-state index contributed by atoms with van der Waals surface area (Å²) in [5.41, 5.74) is 2.00. The van der Waals surface area contributed by atoms with Gasteiger partial charge in [0, 0.05) is 28.2 Å². The summed E-state index contributed by atoms with van der Waals surface area (Å²) in [6, 6.07) is 17.9. The van der Waals surface area contributed by atoms with Crippen molar-refractivity contribution in [3.8, 4) is 0 Å². The highest BCUT2D eigenvalue weighted by Crippen LogP contribution is 2.43. The van der Waals surface area contributed by atoms with E-state index in [0.29, 0.717) is 16.3 Å². The summed E-state index contributed by atoms with van der Waals surface area (Å²) in [5, 5.41) is 5.55. The van der Waals surface area contributed by atoms with Gasteiger partial charge in [-0.15, -0.1) is 11.3 Å². The lowest BCUT2D eigenvalue weighted by Crippen LogP contribution is -2.43. The molecule has 3 aromatic rings. The number of thiophene rings is 1. The second-order valence-electron chi connectivity index (χ2n) is 6.44. The Morgan fingerprint density at radius 1 is 1.07 bits per heavy atom. The fourth-order valence-electron chi connectivity index (χ4n) is 3.53. The second-order valence-corrected chi connectivity index (χ2v) is 7.85. The van der Waals surface area contributed by atoms with E-state index in [1.54, 1.807) is 53.6 Å². The van der Waals surface area contributed by atoms with Crippen LogP contribution in [0.15, 0.2) is 66.0 Å². The van der Waals surface area contributed by atoms with Gasteiger partial charge in [0.25, 0.3) is 5.91 Å². The smallest absolute Gasteiger partial charge is 0.254 e. The highest BCUT2D eigenvalue weighted by atomic mass is 35.5. The minimum Gasteiger partial charge on any atom is -0.333 e. The zero-order valence-electron chi connectivity index (χ0n) is 14.6. The zero-order chi connectivity index (χ0) is 19.0. The summed E-state index contributed by atoms with van der Waals surface area (Å²) >= 11 is 7.48. The molecule has 0 saturated heterocycles. The molecule has 0 fully saturated rings.